The molecular weight excluding hydrogens is 493 g/mol. The van der Waals surface area contributed by atoms with Crippen LogP contribution in [0.5, 0.6) is 11.6 Å². The molecule has 3 rings (SSSR count). The van der Waals surface area contributed by atoms with Gasteiger partial charge in [-0.25, -0.2) is 4.98 Å². The van der Waals surface area contributed by atoms with Crippen molar-refractivity contribution in [2.75, 3.05) is 0 Å². The van der Waals surface area contributed by atoms with Crippen LogP contribution in [0.2, 0.25) is 5.02 Å². The number of nitrogens with zero attached hydrogens (tertiary/aromatic N) is 1. The number of esters is 1. The van der Waals surface area contributed by atoms with Gasteiger partial charge in [-0.3, -0.25) is 4.79 Å². The molecule has 0 amide bonds. The Morgan fingerprint density at radius 3 is 2.29 bits per heavy atom. The summed E-state index contributed by atoms with van der Waals surface area (Å²) in [5.74, 6) is 0.403. The van der Waals surface area contributed by atoms with Crippen molar-refractivity contribution in [2.24, 2.45) is 23.7 Å². The van der Waals surface area contributed by atoms with E-state index < -0.39 is 0 Å². The third-order valence-corrected chi connectivity index (χ3v) is 6.18. The summed E-state index contributed by atoms with van der Waals surface area (Å²) in [5.41, 5.74) is 1.55. The largest absolute Gasteiger partial charge is 0.461 e. The molecule has 0 bridgehead atoms. The number of hydrogen-bond donors (Lipinski definition) is 0. The SMILES string of the molecule is CC(C)C(C=C(Cl)Cl)C(C(=O)OCc1cc(Oc2ccc(Cl)cc2)nc2ccccc12)C(C)C. The van der Waals surface area contributed by atoms with Crippen LogP contribution in [0.15, 0.2) is 65.2 Å². The molecule has 0 fully saturated rings. The van der Waals surface area contributed by atoms with Gasteiger partial charge < -0.3 is 9.47 Å². The van der Waals surface area contributed by atoms with E-state index in [0.29, 0.717) is 16.7 Å². The summed E-state index contributed by atoms with van der Waals surface area (Å²) in [6.45, 7) is 8.16. The first-order chi connectivity index (χ1) is 16.2. The van der Waals surface area contributed by atoms with Crippen LogP contribution >= 0.6 is 34.8 Å². The molecule has 0 aliphatic rings. The lowest BCUT2D eigenvalue weighted by molar-refractivity contribution is -0.153. The smallest absolute Gasteiger partial charge is 0.310 e. The molecule has 0 N–H and O–H groups in total. The number of ether oxygens (including phenoxy) is 2. The highest BCUT2D eigenvalue weighted by Gasteiger charge is 2.33. The van der Waals surface area contributed by atoms with Crippen molar-refractivity contribution in [1.82, 2.24) is 4.98 Å². The van der Waals surface area contributed by atoms with Gasteiger partial charge in [-0.15, -0.1) is 0 Å². The molecule has 2 unspecified atom stereocenters. The van der Waals surface area contributed by atoms with Crippen molar-refractivity contribution in [3.8, 4) is 11.6 Å². The van der Waals surface area contributed by atoms with E-state index >= 15 is 0 Å². The van der Waals surface area contributed by atoms with Gasteiger partial charge in [0.25, 0.3) is 0 Å². The van der Waals surface area contributed by atoms with Crippen molar-refractivity contribution in [3.63, 3.8) is 0 Å². The van der Waals surface area contributed by atoms with Crippen LogP contribution in [0.25, 0.3) is 10.9 Å². The molecule has 3 aromatic rings. The van der Waals surface area contributed by atoms with E-state index in [2.05, 4.69) is 4.98 Å². The molecular formula is C27H28Cl3NO3. The van der Waals surface area contributed by atoms with Gasteiger partial charge in [-0.1, -0.05) is 80.7 Å². The molecule has 34 heavy (non-hydrogen) atoms. The standard InChI is InChI=1S/C27H28Cl3NO3/c1-16(2)22(14-24(29)30)26(17(3)4)27(32)33-15-18-13-25(31-23-8-6-5-7-21(18)23)34-20-11-9-19(28)10-12-20/h5-14,16-17,22,26H,15H2,1-4H3. The number of benzene rings is 2. The Labute approximate surface area is 215 Å². The first-order valence-electron chi connectivity index (χ1n) is 11.2. The lowest BCUT2D eigenvalue weighted by Crippen LogP contribution is -2.32. The van der Waals surface area contributed by atoms with Crippen LogP contribution in [-0.2, 0) is 16.1 Å². The maximum absolute atomic E-state index is 13.2. The summed E-state index contributed by atoms with van der Waals surface area (Å²) in [6.07, 6.45) is 1.74. The second kappa shape index (κ2) is 11.9. The van der Waals surface area contributed by atoms with Crippen LogP contribution in [0, 0.1) is 23.7 Å². The third-order valence-electron chi connectivity index (χ3n) is 5.68. The first kappa shape index (κ1) is 26.3. The highest BCUT2D eigenvalue weighted by Crippen LogP contribution is 2.33. The van der Waals surface area contributed by atoms with Gasteiger partial charge in [0, 0.05) is 22.0 Å². The fourth-order valence-corrected chi connectivity index (χ4v) is 4.41. The molecule has 1 heterocycles. The minimum Gasteiger partial charge on any atom is -0.461 e. The summed E-state index contributed by atoms with van der Waals surface area (Å²) in [4.78, 5) is 17.8. The first-order valence-corrected chi connectivity index (χ1v) is 12.3. The van der Waals surface area contributed by atoms with Gasteiger partial charge in [0.15, 0.2) is 0 Å². The van der Waals surface area contributed by atoms with Crippen molar-refractivity contribution in [2.45, 2.75) is 34.3 Å². The highest BCUT2D eigenvalue weighted by molar-refractivity contribution is 6.55. The van der Waals surface area contributed by atoms with Crippen molar-refractivity contribution < 1.29 is 14.3 Å². The summed E-state index contributed by atoms with van der Waals surface area (Å²) >= 11 is 17.9. The Bertz CT molecular complexity index is 1160. The zero-order valence-corrected chi connectivity index (χ0v) is 21.9. The Hall–Kier alpha value is -2.27. The van der Waals surface area contributed by atoms with Gasteiger partial charge >= 0.3 is 5.97 Å². The summed E-state index contributed by atoms with van der Waals surface area (Å²) in [7, 11) is 0. The second-order valence-electron chi connectivity index (χ2n) is 8.85. The van der Waals surface area contributed by atoms with Crippen LogP contribution < -0.4 is 4.74 Å². The summed E-state index contributed by atoms with van der Waals surface area (Å²) in [6, 6.07) is 16.5. The second-order valence-corrected chi connectivity index (χ2v) is 10.3. The molecule has 2 aromatic carbocycles. The highest BCUT2D eigenvalue weighted by atomic mass is 35.5. The molecule has 0 radical (unpaired) electrons. The maximum atomic E-state index is 13.2. The number of allylic oxidation sites excluding steroid dienone is 1. The van der Waals surface area contributed by atoms with Gasteiger partial charge in [-0.2, -0.15) is 0 Å². The van der Waals surface area contributed by atoms with E-state index in [4.69, 9.17) is 44.3 Å². The number of halogens is 3. The van der Waals surface area contributed by atoms with E-state index in [0.717, 1.165) is 16.5 Å². The average Bonchev–Trinajstić information content (AvgIpc) is 2.78. The van der Waals surface area contributed by atoms with Crippen LogP contribution in [-0.4, -0.2) is 11.0 Å². The normalized spacial score (nSPS) is 13.1. The van der Waals surface area contributed by atoms with Crippen LogP contribution in [0.4, 0.5) is 0 Å². The predicted octanol–water partition coefficient (Wildman–Crippen LogP) is 8.59. The van der Waals surface area contributed by atoms with Crippen molar-refractivity contribution in [1.29, 1.82) is 0 Å². The number of aromatic nitrogens is 1. The Kier molecular flexibility index (Phi) is 9.24. The predicted molar refractivity (Wildman–Crippen MR) is 140 cm³/mol. The van der Waals surface area contributed by atoms with E-state index in [1.54, 1.807) is 36.4 Å². The van der Waals surface area contributed by atoms with Crippen LogP contribution in [0.3, 0.4) is 0 Å². The van der Waals surface area contributed by atoms with Crippen molar-refractivity contribution in [3.05, 3.63) is 75.8 Å². The quantitative estimate of drug-likeness (QED) is 0.265. The molecule has 7 heteroatoms. The van der Waals surface area contributed by atoms with Crippen molar-refractivity contribution >= 4 is 51.7 Å². The van der Waals surface area contributed by atoms with Gasteiger partial charge in [-0.05, 0) is 54.2 Å². The Morgan fingerprint density at radius 1 is 1.00 bits per heavy atom. The molecule has 180 valence electrons. The number of hydrogen-bond acceptors (Lipinski definition) is 4. The van der Waals surface area contributed by atoms with E-state index in [1.165, 1.54) is 0 Å². The molecule has 0 saturated carbocycles. The molecule has 4 nitrogen and oxygen atoms in total. The number of carbonyl (C=O) groups is 1. The molecule has 1 aromatic heterocycles. The minimum atomic E-state index is -0.384. The lowest BCUT2D eigenvalue weighted by atomic mass is 9.77. The number of para-hydroxylation sites is 1. The molecule has 0 saturated heterocycles. The fraction of sp³-hybridized carbons (Fsp3) is 0.333. The Morgan fingerprint density at radius 2 is 1.68 bits per heavy atom. The maximum Gasteiger partial charge on any atom is 0.310 e. The summed E-state index contributed by atoms with van der Waals surface area (Å²) in [5, 5.41) is 1.51. The van der Waals surface area contributed by atoms with E-state index in [1.807, 2.05) is 52.0 Å². The minimum absolute atomic E-state index is 0.0433. The monoisotopic (exact) mass is 519 g/mol. The number of rotatable bonds is 9. The zero-order valence-electron chi connectivity index (χ0n) is 19.6. The molecule has 2 atom stereocenters. The Balaban J connectivity index is 1.87. The lowest BCUT2D eigenvalue weighted by Gasteiger charge is -2.29. The van der Waals surface area contributed by atoms with Gasteiger partial charge in [0.1, 0.15) is 16.8 Å². The summed E-state index contributed by atoms with van der Waals surface area (Å²) < 4.78 is 11.9. The molecule has 0 aliphatic carbocycles. The van der Waals surface area contributed by atoms with Gasteiger partial charge in [0.05, 0.1) is 11.4 Å². The van der Waals surface area contributed by atoms with Crippen LogP contribution in [0.1, 0.15) is 33.3 Å². The zero-order chi connectivity index (χ0) is 24.8. The number of pyridine rings is 1. The van der Waals surface area contributed by atoms with E-state index in [-0.39, 0.29) is 40.7 Å². The third kappa shape index (κ3) is 6.88. The average molecular weight is 521 g/mol. The number of carbonyl (C=O) groups excluding carboxylic acids is 1. The van der Waals surface area contributed by atoms with E-state index in [9.17, 15) is 4.79 Å². The molecule has 0 aliphatic heterocycles. The number of fused-ring (bicyclic) bond motifs is 1. The van der Waals surface area contributed by atoms with Gasteiger partial charge in [0.2, 0.25) is 5.88 Å². The molecule has 0 spiro atoms. The topological polar surface area (TPSA) is 48.4 Å². The fourth-order valence-electron chi connectivity index (χ4n) is 3.99.